The Kier molecular flexibility index (Phi) is 6.12. The highest BCUT2D eigenvalue weighted by Gasteiger charge is 2.31. The van der Waals surface area contributed by atoms with Gasteiger partial charge in [0.25, 0.3) is 5.24 Å². The van der Waals surface area contributed by atoms with E-state index < -0.39 is 17.6 Å². The van der Waals surface area contributed by atoms with Gasteiger partial charge in [-0.25, -0.2) is 0 Å². The van der Waals surface area contributed by atoms with Gasteiger partial charge in [0, 0.05) is 24.2 Å². The molecule has 0 bridgehead atoms. The van der Waals surface area contributed by atoms with Crippen molar-refractivity contribution >= 4 is 46.5 Å². The Morgan fingerprint density at radius 1 is 1.36 bits per heavy atom. The van der Waals surface area contributed by atoms with Crippen LogP contribution in [0, 0.1) is 0 Å². The molecular formula is C15H12ClF3N2O3S. The predicted molar refractivity (Wildman–Crippen MR) is 88.1 cm³/mol. The Hall–Kier alpha value is -2.00. The molecular weight excluding hydrogens is 381 g/mol. The van der Waals surface area contributed by atoms with Crippen LogP contribution in [0.4, 0.5) is 18.0 Å². The van der Waals surface area contributed by atoms with E-state index in [4.69, 9.17) is 11.6 Å². The third kappa shape index (κ3) is 5.23. The minimum atomic E-state index is -4.51. The van der Waals surface area contributed by atoms with Gasteiger partial charge in [0.2, 0.25) is 11.8 Å². The van der Waals surface area contributed by atoms with Crippen LogP contribution in [-0.4, -0.2) is 40.8 Å². The van der Waals surface area contributed by atoms with Crippen LogP contribution in [-0.2, 0) is 15.8 Å². The molecule has 0 spiro atoms. The molecule has 3 amide bonds. The summed E-state index contributed by atoms with van der Waals surface area (Å²) in [6.07, 6.45) is -2.32. The summed E-state index contributed by atoms with van der Waals surface area (Å²) in [6, 6.07) is 2.79. The first-order valence-electron chi connectivity index (χ1n) is 6.98. The van der Waals surface area contributed by atoms with Crippen molar-refractivity contribution < 1.29 is 27.6 Å². The monoisotopic (exact) mass is 392 g/mol. The topological polar surface area (TPSA) is 66.5 Å². The highest BCUT2D eigenvalue weighted by atomic mass is 35.5. The summed E-state index contributed by atoms with van der Waals surface area (Å²) in [4.78, 5) is 35.4. The molecule has 0 aromatic heterocycles. The predicted octanol–water partition coefficient (Wildman–Crippen LogP) is 3.18. The summed E-state index contributed by atoms with van der Waals surface area (Å²) in [5, 5.41) is 2.14. The SMILES string of the molecule is O=C(C=Cc1cc(C(F)(F)F)ccc1Cl)NCCN1C(=O)CSC1=O. The minimum Gasteiger partial charge on any atom is -0.351 e. The van der Waals surface area contributed by atoms with Gasteiger partial charge in [0.05, 0.1) is 11.3 Å². The fraction of sp³-hybridized carbons (Fsp3) is 0.267. The van der Waals surface area contributed by atoms with Gasteiger partial charge in [0.15, 0.2) is 0 Å². The van der Waals surface area contributed by atoms with Gasteiger partial charge in [-0.1, -0.05) is 23.4 Å². The van der Waals surface area contributed by atoms with E-state index in [-0.39, 0.29) is 40.6 Å². The first-order chi connectivity index (χ1) is 11.7. The fourth-order valence-corrected chi connectivity index (χ4v) is 2.89. The number of carbonyl (C=O) groups is 3. The third-order valence-electron chi connectivity index (χ3n) is 3.21. The van der Waals surface area contributed by atoms with E-state index in [9.17, 15) is 27.6 Å². The molecule has 134 valence electrons. The summed E-state index contributed by atoms with van der Waals surface area (Å²) in [6.45, 7) is 0.0755. The van der Waals surface area contributed by atoms with Crippen molar-refractivity contribution in [1.82, 2.24) is 10.2 Å². The number of benzene rings is 1. The van der Waals surface area contributed by atoms with Crippen LogP contribution in [0.15, 0.2) is 24.3 Å². The van der Waals surface area contributed by atoms with Crippen molar-refractivity contribution in [2.24, 2.45) is 0 Å². The quantitative estimate of drug-likeness (QED) is 0.781. The summed E-state index contributed by atoms with van der Waals surface area (Å²) in [5.41, 5.74) is -0.826. The van der Waals surface area contributed by atoms with Crippen LogP contribution in [0.2, 0.25) is 5.02 Å². The van der Waals surface area contributed by atoms with Gasteiger partial charge in [-0.3, -0.25) is 19.3 Å². The zero-order chi connectivity index (χ0) is 18.6. The molecule has 1 aromatic rings. The minimum absolute atomic E-state index is 0.0363. The van der Waals surface area contributed by atoms with Gasteiger partial charge in [-0.15, -0.1) is 0 Å². The molecule has 25 heavy (non-hydrogen) atoms. The zero-order valence-electron chi connectivity index (χ0n) is 12.6. The molecule has 1 aromatic carbocycles. The van der Waals surface area contributed by atoms with E-state index in [1.54, 1.807) is 0 Å². The summed E-state index contributed by atoms with van der Waals surface area (Å²) in [5.74, 6) is -0.823. The molecule has 1 aliphatic heterocycles. The molecule has 0 saturated carbocycles. The van der Waals surface area contributed by atoms with Crippen molar-refractivity contribution in [3.05, 3.63) is 40.4 Å². The van der Waals surface area contributed by atoms with Crippen LogP contribution in [0.5, 0.6) is 0 Å². The Morgan fingerprint density at radius 3 is 2.68 bits per heavy atom. The second-order valence-electron chi connectivity index (χ2n) is 4.96. The molecule has 1 saturated heterocycles. The Morgan fingerprint density at radius 2 is 2.08 bits per heavy atom. The highest BCUT2D eigenvalue weighted by Crippen LogP contribution is 2.32. The lowest BCUT2D eigenvalue weighted by Gasteiger charge is -2.12. The Bertz CT molecular complexity index is 721. The number of hydrogen-bond acceptors (Lipinski definition) is 4. The van der Waals surface area contributed by atoms with Gasteiger partial charge >= 0.3 is 6.18 Å². The van der Waals surface area contributed by atoms with Crippen molar-refractivity contribution in [2.45, 2.75) is 6.18 Å². The number of rotatable bonds is 5. The second kappa shape index (κ2) is 7.92. The van der Waals surface area contributed by atoms with Crippen LogP contribution in [0.3, 0.4) is 0 Å². The van der Waals surface area contributed by atoms with Gasteiger partial charge in [-0.2, -0.15) is 13.2 Å². The van der Waals surface area contributed by atoms with Crippen molar-refractivity contribution in [3.63, 3.8) is 0 Å². The molecule has 10 heteroatoms. The molecule has 2 rings (SSSR count). The molecule has 1 aliphatic rings. The number of nitrogens with one attached hydrogen (secondary N) is 1. The van der Waals surface area contributed by atoms with Crippen LogP contribution in [0.25, 0.3) is 6.08 Å². The van der Waals surface area contributed by atoms with Crippen molar-refractivity contribution in [3.8, 4) is 0 Å². The lowest BCUT2D eigenvalue weighted by atomic mass is 10.1. The number of halogens is 4. The summed E-state index contributed by atoms with van der Waals surface area (Å²) < 4.78 is 38.0. The molecule has 1 fully saturated rings. The van der Waals surface area contributed by atoms with E-state index in [1.807, 2.05) is 0 Å². The standard InChI is InChI=1S/C15H12ClF3N2O3S/c16-11-3-2-10(15(17,18)19)7-9(11)1-4-12(22)20-5-6-21-13(23)8-25-14(21)24/h1-4,7H,5-6,8H2,(H,20,22). The van der Waals surface area contributed by atoms with Gasteiger partial charge in [-0.05, 0) is 29.8 Å². The summed E-state index contributed by atoms with van der Waals surface area (Å²) in [7, 11) is 0. The van der Waals surface area contributed by atoms with Gasteiger partial charge < -0.3 is 5.32 Å². The van der Waals surface area contributed by atoms with E-state index >= 15 is 0 Å². The van der Waals surface area contributed by atoms with E-state index in [2.05, 4.69) is 5.32 Å². The number of amides is 3. The van der Waals surface area contributed by atoms with Crippen LogP contribution >= 0.6 is 23.4 Å². The number of carbonyl (C=O) groups excluding carboxylic acids is 3. The Labute approximate surface area is 150 Å². The maximum absolute atomic E-state index is 12.7. The second-order valence-corrected chi connectivity index (χ2v) is 6.29. The highest BCUT2D eigenvalue weighted by molar-refractivity contribution is 8.14. The van der Waals surface area contributed by atoms with E-state index in [0.29, 0.717) is 0 Å². The van der Waals surface area contributed by atoms with E-state index in [1.165, 1.54) is 0 Å². The average molecular weight is 393 g/mol. The normalized spacial score (nSPS) is 15.3. The Balaban J connectivity index is 1.92. The average Bonchev–Trinajstić information content (AvgIpc) is 2.85. The largest absolute Gasteiger partial charge is 0.416 e. The first-order valence-corrected chi connectivity index (χ1v) is 8.34. The molecule has 5 nitrogen and oxygen atoms in total. The number of imide groups is 1. The van der Waals surface area contributed by atoms with Crippen LogP contribution < -0.4 is 5.32 Å². The number of thioether (sulfide) groups is 1. The maximum atomic E-state index is 12.7. The summed E-state index contributed by atoms with van der Waals surface area (Å²) >= 11 is 6.71. The maximum Gasteiger partial charge on any atom is 0.416 e. The number of hydrogen-bond donors (Lipinski definition) is 1. The van der Waals surface area contributed by atoms with E-state index in [0.717, 1.165) is 47.0 Å². The molecule has 0 aliphatic carbocycles. The fourth-order valence-electron chi connectivity index (χ4n) is 1.96. The molecule has 0 radical (unpaired) electrons. The number of alkyl halides is 3. The van der Waals surface area contributed by atoms with Crippen molar-refractivity contribution in [2.75, 3.05) is 18.8 Å². The number of nitrogens with zero attached hydrogens (tertiary/aromatic N) is 1. The lowest BCUT2D eigenvalue weighted by molar-refractivity contribution is -0.137. The third-order valence-corrected chi connectivity index (χ3v) is 4.42. The molecule has 0 unspecified atom stereocenters. The van der Waals surface area contributed by atoms with Crippen LogP contribution in [0.1, 0.15) is 11.1 Å². The first kappa shape index (κ1) is 19.3. The molecule has 0 atom stereocenters. The smallest absolute Gasteiger partial charge is 0.351 e. The lowest BCUT2D eigenvalue weighted by Crippen LogP contribution is -2.37. The zero-order valence-corrected chi connectivity index (χ0v) is 14.2. The molecule has 1 heterocycles. The molecule has 1 N–H and O–H groups in total. The van der Waals surface area contributed by atoms with Crippen molar-refractivity contribution in [1.29, 1.82) is 0 Å². The van der Waals surface area contributed by atoms with Gasteiger partial charge in [0.1, 0.15) is 0 Å².